The van der Waals surface area contributed by atoms with Gasteiger partial charge < -0.3 is 5.32 Å². The molecule has 1 N–H and O–H groups in total. The van der Waals surface area contributed by atoms with Gasteiger partial charge in [-0.1, -0.05) is 37.5 Å². The summed E-state index contributed by atoms with van der Waals surface area (Å²) in [6, 6.07) is 11.0. The second-order valence-corrected chi connectivity index (χ2v) is 5.75. The van der Waals surface area contributed by atoms with Crippen molar-refractivity contribution in [1.82, 2.24) is 4.98 Å². The number of anilines is 1. The molecular weight excluding hydrogens is 232 g/mol. The molecule has 0 saturated heterocycles. The van der Waals surface area contributed by atoms with Crippen molar-refractivity contribution in [1.29, 1.82) is 0 Å². The van der Waals surface area contributed by atoms with Gasteiger partial charge in [-0.25, -0.2) is 0 Å². The monoisotopic (exact) mass is 254 g/mol. The second kappa shape index (κ2) is 5.60. The minimum absolute atomic E-state index is 0.545. The molecule has 0 radical (unpaired) electrons. The van der Waals surface area contributed by atoms with E-state index in [1.54, 1.807) is 0 Å². The summed E-state index contributed by atoms with van der Waals surface area (Å²) in [7, 11) is 0. The van der Waals surface area contributed by atoms with Crippen LogP contribution in [0, 0.1) is 5.92 Å². The fourth-order valence-corrected chi connectivity index (χ4v) is 3.16. The third-order valence-corrected chi connectivity index (χ3v) is 4.34. The Kier molecular flexibility index (Phi) is 3.67. The van der Waals surface area contributed by atoms with Gasteiger partial charge in [0.1, 0.15) is 0 Å². The van der Waals surface area contributed by atoms with Gasteiger partial charge in [0, 0.05) is 11.4 Å². The number of pyridine rings is 1. The lowest BCUT2D eigenvalue weighted by molar-refractivity contribution is 0.328. The predicted octanol–water partition coefficient (Wildman–Crippen LogP) is 4.62. The highest BCUT2D eigenvalue weighted by Crippen LogP contribution is 2.28. The zero-order chi connectivity index (χ0) is 13.1. The zero-order valence-electron chi connectivity index (χ0n) is 11.6. The summed E-state index contributed by atoms with van der Waals surface area (Å²) in [5.41, 5.74) is 2.22. The van der Waals surface area contributed by atoms with Gasteiger partial charge in [0.15, 0.2) is 0 Å². The van der Waals surface area contributed by atoms with E-state index in [1.807, 2.05) is 12.3 Å². The SMILES string of the molecule is CC(Nc1cnc2ccccc2c1)C1CCCCC1. The van der Waals surface area contributed by atoms with E-state index in [0.717, 1.165) is 17.1 Å². The highest BCUT2D eigenvalue weighted by Gasteiger charge is 2.19. The van der Waals surface area contributed by atoms with E-state index in [9.17, 15) is 0 Å². The van der Waals surface area contributed by atoms with Gasteiger partial charge in [0.05, 0.1) is 17.4 Å². The van der Waals surface area contributed by atoms with Crippen molar-refractivity contribution in [2.45, 2.75) is 45.1 Å². The Labute approximate surface area is 115 Å². The van der Waals surface area contributed by atoms with Gasteiger partial charge in [-0.2, -0.15) is 0 Å². The Balaban J connectivity index is 1.73. The minimum Gasteiger partial charge on any atom is -0.381 e. The normalized spacial score (nSPS) is 18.4. The summed E-state index contributed by atoms with van der Waals surface area (Å²) in [6.07, 6.45) is 8.91. The van der Waals surface area contributed by atoms with Crippen LogP contribution in [0.2, 0.25) is 0 Å². The first kappa shape index (κ1) is 12.5. The number of para-hydroxylation sites is 1. The first-order valence-corrected chi connectivity index (χ1v) is 7.44. The Morgan fingerprint density at radius 3 is 2.79 bits per heavy atom. The van der Waals surface area contributed by atoms with Crippen LogP contribution < -0.4 is 5.32 Å². The fraction of sp³-hybridized carbons (Fsp3) is 0.471. The van der Waals surface area contributed by atoms with Crippen molar-refractivity contribution >= 4 is 16.6 Å². The smallest absolute Gasteiger partial charge is 0.0703 e. The molecule has 1 unspecified atom stereocenters. The molecular formula is C17H22N2. The van der Waals surface area contributed by atoms with Gasteiger partial charge in [0.25, 0.3) is 0 Å². The Morgan fingerprint density at radius 2 is 1.95 bits per heavy atom. The second-order valence-electron chi connectivity index (χ2n) is 5.75. The van der Waals surface area contributed by atoms with Crippen LogP contribution in [-0.4, -0.2) is 11.0 Å². The lowest BCUT2D eigenvalue weighted by Gasteiger charge is -2.29. The maximum atomic E-state index is 4.52. The first-order valence-electron chi connectivity index (χ1n) is 7.44. The largest absolute Gasteiger partial charge is 0.381 e. The maximum absolute atomic E-state index is 4.52. The number of hydrogen-bond acceptors (Lipinski definition) is 2. The predicted molar refractivity (Wildman–Crippen MR) is 81.4 cm³/mol. The Hall–Kier alpha value is -1.57. The average Bonchev–Trinajstić information content (AvgIpc) is 2.48. The summed E-state index contributed by atoms with van der Waals surface area (Å²) >= 11 is 0. The number of nitrogens with one attached hydrogen (secondary N) is 1. The van der Waals surface area contributed by atoms with Gasteiger partial charge in [-0.05, 0) is 37.8 Å². The third kappa shape index (κ3) is 2.89. The molecule has 1 aliphatic rings. The van der Waals surface area contributed by atoms with Crippen LogP contribution in [-0.2, 0) is 0 Å². The number of rotatable bonds is 3. The van der Waals surface area contributed by atoms with E-state index in [2.05, 4.69) is 41.5 Å². The molecule has 2 aromatic rings. The quantitative estimate of drug-likeness (QED) is 0.864. The highest BCUT2D eigenvalue weighted by atomic mass is 14.9. The molecule has 2 heteroatoms. The summed E-state index contributed by atoms with van der Waals surface area (Å²) in [4.78, 5) is 4.52. The topological polar surface area (TPSA) is 24.9 Å². The maximum Gasteiger partial charge on any atom is 0.0703 e. The van der Waals surface area contributed by atoms with Crippen LogP contribution in [0.25, 0.3) is 10.9 Å². The average molecular weight is 254 g/mol. The third-order valence-electron chi connectivity index (χ3n) is 4.34. The Morgan fingerprint density at radius 1 is 1.16 bits per heavy atom. The summed E-state index contributed by atoms with van der Waals surface area (Å²) in [5, 5.41) is 4.85. The minimum atomic E-state index is 0.545. The number of fused-ring (bicyclic) bond motifs is 1. The number of benzene rings is 1. The fourth-order valence-electron chi connectivity index (χ4n) is 3.16. The molecule has 1 fully saturated rings. The van der Waals surface area contributed by atoms with E-state index in [4.69, 9.17) is 0 Å². The lowest BCUT2D eigenvalue weighted by atomic mass is 9.84. The first-order chi connectivity index (χ1) is 9.33. The van der Waals surface area contributed by atoms with Crippen LogP contribution >= 0.6 is 0 Å². The standard InChI is InChI=1S/C17H22N2/c1-13(14-7-3-2-4-8-14)19-16-11-15-9-5-6-10-17(15)18-12-16/h5-6,9-14,19H,2-4,7-8H2,1H3. The molecule has 3 rings (SSSR count). The molecule has 0 amide bonds. The molecule has 0 bridgehead atoms. The summed E-state index contributed by atoms with van der Waals surface area (Å²) < 4.78 is 0. The molecule has 1 heterocycles. The number of nitrogens with zero attached hydrogens (tertiary/aromatic N) is 1. The molecule has 1 atom stereocenters. The molecule has 1 aliphatic carbocycles. The van der Waals surface area contributed by atoms with Crippen LogP contribution in [0.5, 0.6) is 0 Å². The molecule has 100 valence electrons. The van der Waals surface area contributed by atoms with Gasteiger partial charge in [-0.3, -0.25) is 4.98 Å². The van der Waals surface area contributed by atoms with Crippen molar-refractivity contribution in [2.75, 3.05) is 5.32 Å². The van der Waals surface area contributed by atoms with Crippen LogP contribution in [0.1, 0.15) is 39.0 Å². The van der Waals surface area contributed by atoms with Gasteiger partial charge in [-0.15, -0.1) is 0 Å². The van der Waals surface area contributed by atoms with Crippen LogP contribution in [0.4, 0.5) is 5.69 Å². The number of aromatic nitrogens is 1. The van der Waals surface area contributed by atoms with Gasteiger partial charge >= 0.3 is 0 Å². The zero-order valence-corrected chi connectivity index (χ0v) is 11.6. The molecule has 1 aromatic carbocycles. The van der Waals surface area contributed by atoms with E-state index in [0.29, 0.717) is 6.04 Å². The van der Waals surface area contributed by atoms with E-state index in [-0.39, 0.29) is 0 Å². The van der Waals surface area contributed by atoms with E-state index in [1.165, 1.54) is 37.5 Å². The van der Waals surface area contributed by atoms with Gasteiger partial charge in [0.2, 0.25) is 0 Å². The molecule has 1 saturated carbocycles. The molecule has 1 aromatic heterocycles. The van der Waals surface area contributed by atoms with Crippen molar-refractivity contribution in [3.05, 3.63) is 36.5 Å². The number of hydrogen-bond donors (Lipinski definition) is 1. The molecule has 0 spiro atoms. The summed E-state index contributed by atoms with van der Waals surface area (Å²) in [5.74, 6) is 0.820. The van der Waals surface area contributed by atoms with Crippen molar-refractivity contribution in [3.63, 3.8) is 0 Å². The van der Waals surface area contributed by atoms with Crippen LogP contribution in [0.3, 0.4) is 0 Å². The molecule has 19 heavy (non-hydrogen) atoms. The van der Waals surface area contributed by atoms with Crippen molar-refractivity contribution in [2.24, 2.45) is 5.92 Å². The molecule has 2 nitrogen and oxygen atoms in total. The van der Waals surface area contributed by atoms with E-state index >= 15 is 0 Å². The summed E-state index contributed by atoms with van der Waals surface area (Å²) in [6.45, 7) is 2.31. The highest BCUT2D eigenvalue weighted by molar-refractivity contribution is 5.81. The van der Waals surface area contributed by atoms with Crippen molar-refractivity contribution in [3.8, 4) is 0 Å². The van der Waals surface area contributed by atoms with Crippen LogP contribution in [0.15, 0.2) is 36.5 Å². The van der Waals surface area contributed by atoms with E-state index < -0.39 is 0 Å². The Bertz CT molecular complexity index is 544. The molecule has 0 aliphatic heterocycles. The van der Waals surface area contributed by atoms with Crippen molar-refractivity contribution < 1.29 is 0 Å². The lowest BCUT2D eigenvalue weighted by Crippen LogP contribution is -2.27.